The van der Waals surface area contributed by atoms with E-state index in [2.05, 4.69) is 29.3 Å². The second-order valence-electron chi connectivity index (χ2n) is 7.35. The Hall–Kier alpha value is -1.17. The average molecular weight is 346 g/mol. The van der Waals surface area contributed by atoms with Crippen LogP contribution in [0, 0.1) is 11.8 Å². The minimum absolute atomic E-state index is 0.0649. The molecule has 3 aliphatic heterocycles. The highest BCUT2D eigenvalue weighted by atomic mass is 32.1. The molecule has 4 rings (SSSR count). The van der Waals surface area contributed by atoms with Gasteiger partial charge in [0.25, 0.3) is 0 Å². The van der Waals surface area contributed by atoms with E-state index < -0.39 is 0 Å². The van der Waals surface area contributed by atoms with Crippen LogP contribution < -0.4 is 5.32 Å². The van der Waals surface area contributed by atoms with Crippen LogP contribution in [0.5, 0.6) is 0 Å². The average Bonchev–Trinajstić information content (AvgIpc) is 3.31. The molecule has 2 bridgehead atoms. The SMILES string of the molecule is CC=CCN1C[C@@H]2[C@H](CNC(=O)Cc3cccs3)[C@H]3CC[C@]2(C1)O3. The summed E-state index contributed by atoms with van der Waals surface area (Å²) in [6.45, 7) is 6.01. The number of thiophene rings is 1. The number of nitrogens with one attached hydrogen (secondary N) is 1. The molecule has 1 spiro atoms. The van der Waals surface area contributed by atoms with Gasteiger partial charge in [0, 0.05) is 42.9 Å². The number of ether oxygens (including phenoxy) is 1. The van der Waals surface area contributed by atoms with Gasteiger partial charge in [0.15, 0.2) is 0 Å². The normalized spacial score (nSPS) is 35.0. The minimum atomic E-state index is 0.0649. The van der Waals surface area contributed by atoms with Crippen molar-refractivity contribution in [3.63, 3.8) is 0 Å². The zero-order chi connectivity index (χ0) is 16.6. The van der Waals surface area contributed by atoms with Gasteiger partial charge in [-0.25, -0.2) is 0 Å². The van der Waals surface area contributed by atoms with E-state index in [1.165, 1.54) is 6.42 Å². The number of rotatable bonds is 6. The number of carbonyl (C=O) groups excluding carboxylic acids is 1. The lowest BCUT2D eigenvalue weighted by atomic mass is 9.73. The first kappa shape index (κ1) is 16.3. The molecule has 1 aromatic heterocycles. The zero-order valence-corrected chi connectivity index (χ0v) is 15.1. The van der Waals surface area contributed by atoms with E-state index >= 15 is 0 Å². The monoisotopic (exact) mass is 346 g/mol. The van der Waals surface area contributed by atoms with Gasteiger partial charge in [-0.15, -0.1) is 11.3 Å². The minimum Gasteiger partial charge on any atom is -0.370 e. The van der Waals surface area contributed by atoms with Crippen LogP contribution in [0.25, 0.3) is 0 Å². The van der Waals surface area contributed by atoms with Crippen molar-refractivity contribution in [2.45, 2.75) is 37.9 Å². The highest BCUT2D eigenvalue weighted by Crippen LogP contribution is 2.54. The first-order valence-corrected chi connectivity index (χ1v) is 9.88. The maximum atomic E-state index is 12.2. The number of hydrogen-bond acceptors (Lipinski definition) is 4. The molecular weight excluding hydrogens is 320 g/mol. The molecule has 0 saturated carbocycles. The summed E-state index contributed by atoms with van der Waals surface area (Å²) in [6.07, 6.45) is 7.53. The van der Waals surface area contributed by atoms with Crippen LogP contribution >= 0.6 is 11.3 Å². The molecule has 0 aliphatic carbocycles. The van der Waals surface area contributed by atoms with Gasteiger partial charge in [-0.1, -0.05) is 18.2 Å². The van der Waals surface area contributed by atoms with Crippen LogP contribution in [-0.2, 0) is 16.0 Å². The molecule has 0 aromatic carbocycles. The van der Waals surface area contributed by atoms with Crippen LogP contribution in [0.3, 0.4) is 0 Å². The van der Waals surface area contributed by atoms with Gasteiger partial charge >= 0.3 is 0 Å². The molecule has 3 saturated heterocycles. The second kappa shape index (κ2) is 6.62. The third kappa shape index (κ3) is 2.93. The lowest BCUT2D eigenvalue weighted by Crippen LogP contribution is -2.42. The van der Waals surface area contributed by atoms with Gasteiger partial charge in [-0.05, 0) is 31.2 Å². The van der Waals surface area contributed by atoms with E-state index in [-0.39, 0.29) is 11.5 Å². The third-order valence-electron chi connectivity index (χ3n) is 5.90. The van der Waals surface area contributed by atoms with Crippen LogP contribution in [-0.4, -0.2) is 48.7 Å². The topological polar surface area (TPSA) is 41.6 Å². The number of carbonyl (C=O) groups is 1. The predicted molar refractivity (Wildman–Crippen MR) is 96.1 cm³/mol. The summed E-state index contributed by atoms with van der Waals surface area (Å²) in [5.41, 5.74) is 0.0649. The van der Waals surface area contributed by atoms with Crippen molar-refractivity contribution >= 4 is 17.2 Å². The van der Waals surface area contributed by atoms with Crippen LogP contribution in [0.2, 0.25) is 0 Å². The van der Waals surface area contributed by atoms with Crippen molar-refractivity contribution in [1.82, 2.24) is 10.2 Å². The Morgan fingerprint density at radius 2 is 2.50 bits per heavy atom. The summed E-state index contributed by atoms with van der Waals surface area (Å²) >= 11 is 1.65. The standard InChI is InChI=1S/C19H26N2O2S/c1-2-3-8-21-12-16-15(17-6-7-19(16,13-21)23-17)11-20-18(22)10-14-5-4-9-24-14/h2-5,9,15-17H,6-8,10-13H2,1H3,(H,20,22)/t15-,16+,17+,19+/m0/s1. The number of fused-ring (bicyclic) bond motifs is 1. The molecule has 1 amide bonds. The molecule has 3 fully saturated rings. The number of hydrogen-bond donors (Lipinski definition) is 1. The third-order valence-corrected chi connectivity index (χ3v) is 6.78. The van der Waals surface area contributed by atoms with Crippen molar-refractivity contribution in [2.75, 3.05) is 26.2 Å². The number of likely N-dealkylation sites (tertiary alicyclic amines) is 1. The fourth-order valence-corrected chi connectivity index (χ4v) is 5.52. The fraction of sp³-hybridized carbons (Fsp3) is 0.632. The summed E-state index contributed by atoms with van der Waals surface area (Å²) < 4.78 is 6.43. The summed E-state index contributed by atoms with van der Waals surface area (Å²) in [7, 11) is 0. The summed E-state index contributed by atoms with van der Waals surface area (Å²) in [5, 5.41) is 5.19. The first-order chi connectivity index (χ1) is 11.7. The van der Waals surface area contributed by atoms with E-state index in [0.717, 1.165) is 37.5 Å². The Kier molecular flexibility index (Phi) is 4.50. The molecule has 1 N–H and O–H groups in total. The van der Waals surface area contributed by atoms with Gasteiger partial charge in [0.2, 0.25) is 5.91 Å². The Morgan fingerprint density at radius 1 is 1.58 bits per heavy atom. The van der Waals surface area contributed by atoms with Crippen LogP contribution in [0.1, 0.15) is 24.6 Å². The summed E-state index contributed by atoms with van der Waals surface area (Å²) in [6, 6.07) is 4.02. The number of amides is 1. The van der Waals surface area contributed by atoms with Crippen LogP contribution in [0.4, 0.5) is 0 Å². The Labute approximate surface area is 147 Å². The smallest absolute Gasteiger partial charge is 0.225 e. The Morgan fingerprint density at radius 3 is 3.29 bits per heavy atom. The van der Waals surface area contributed by atoms with Gasteiger partial charge in [0.1, 0.15) is 0 Å². The van der Waals surface area contributed by atoms with E-state index in [9.17, 15) is 4.79 Å². The van der Waals surface area contributed by atoms with E-state index in [1.807, 2.05) is 17.5 Å². The van der Waals surface area contributed by atoms with Crippen molar-refractivity contribution < 1.29 is 9.53 Å². The number of nitrogens with zero attached hydrogens (tertiary/aromatic N) is 1. The molecule has 24 heavy (non-hydrogen) atoms. The van der Waals surface area contributed by atoms with Crippen LogP contribution in [0.15, 0.2) is 29.7 Å². The number of allylic oxidation sites excluding steroid dienone is 1. The molecule has 3 aliphatic rings. The first-order valence-electron chi connectivity index (χ1n) is 9.00. The molecule has 5 heteroatoms. The van der Waals surface area contributed by atoms with E-state index in [0.29, 0.717) is 24.4 Å². The van der Waals surface area contributed by atoms with Gasteiger partial charge in [-0.3, -0.25) is 9.69 Å². The van der Waals surface area contributed by atoms with Gasteiger partial charge in [-0.2, -0.15) is 0 Å². The fourth-order valence-electron chi connectivity index (χ4n) is 4.82. The Balaban J connectivity index is 1.35. The lowest BCUT2D eigenvalue weighted by Gasteiger charge is -2.29. The van der Waals surface area contributed by atoms with Gasteiger partial charge in [0.05, 0.1) is 18.1 Å². The lowest BCUT2D eigenvalue weighted by molar-refractivity contribution is -0.120. The van der Waals surface area contributed by atoms with Crippen molar-refractivity contribution in [3.8, 4) is 0 Å². The highest BCUT2D eigenvalue weighted by molar-refractivity contribution is 7.10. The maximum Gasteiger partial charge on any atom is 0.225 e. The molecule has 130 valence electrons. The molecule has 4 atom stereocenters. The molecule has 0 unspecified atom stereocenters. The Bertz CT molecular complexity index is 615. The van der Waals surface area contributed by atoms with Gasteiger partial charge < -0.3 is 10.1 Å². The summed E-state index contributed by atoms with van der Waals surface area (Å²) in [4.78, 5) is 15.8. The maximum absolute atomic E-state index is 12.2. The predicted octanol–water partition coefficient (Wildman–Crippen LogP) is 2.46. The molecule has 0 radical (unpaired) electrons. The highest BCUT2D eigenvalue weighted by Gasteiger charge is 2.62. The quantitative estimate of drug-likeness (QED) is 0.805. The molecule has 4 nitrogen and oxygen atoms in total. The van der Waals surface area contributed by atoms with Crippen molar-refractivity contribution in [2.24, 2.45) is 11.8 Å². The van der Waals surface area contributed by atoms with Crippen molar-refractivity contribution in [3.05, 3.63) is 34.5 Å². The zero-order valence-electron chi connectivity index (χ0n) is 14.2. The van der Waals surface area contributed by atoms with Crippen molar-refractivity contribution in [1.29, 1.82) is 0 Å². The largest absolute Gasteiger partial charge is 0.370 e. The van der Waals surface area contributed by atoms with E-state index in [1.54, 1.807) is 11.3 Å². The summed E-state index contributed by atoms with van der Waals surface area (Å²) in [5.74, 6) is 1.18. The molecular formula is C19H26N2O2S. The second-order valence-corrected chi connectivity index (χ2v) is 8.39. The molecule has 1 aromatic rings. The molecule has 4 heterocycles. The van der Waals surface area contributed by atoms with E-state index in [4.69, 9.17) is 4.74 Å².